The van der Waals surface area contributed by atoms with Crippen LogP contribution in [0.4, 0.5) is 13.2 Å². The van der Waals surface area contributed by atoms with Crippen LogP contribution in [-0.4, -0.2) is 39.1 Å². The summed E-state index contributed by atoms with van der Waals surface area (Å²) >= 11 is 0. The number of allylic oxidation sites excluding steroid dienone is 3. The summed E-state index contributed by atoms with van der Waals surface area (Å²) < 4.78 is 38.6. The van der Waals surface area contributed by atoms with Gasteiger partial charge in [0, 0.05) is 11.6 Å². The number of aromatic nitrogens is 2. The molecule has 1 aromatic rings. The fraction of sp³-hybridized carbons (Fsp3) is 0.286. The topological polar surface area (TPSA) is 66.1 Å². The predicted molar refractivity (Wildman–Crippen MR) is 74.3 cm³/mol. The van der Waals surface area contributed by atoms with Gasteiger partial charge in [0.15, 0.2) is 18.4 Å². The molecule has 0 bridgehead atoms. The summed E-state index contributed by atoms with van der Waals surface area (Å²) in [6, 6.07) is 2.08. The molecule has 0 amide bonds. The van der Waals surface area contributed by atoms with E-state index in [1.807, 2.05) is 0 Å². The molecule has 1 aromatic heterocycles. The Morgan fingerprint density at radius 3 is 2.55 bits per heavy atom. The summed E-state index contributed by atoms with van der Waals surface area (Å²) in [6.07, 6.45) is 0.153. The molecule has 0 aliphatic heterocycles. The minimum absolute atomic E-state index is 0.0703. The minimum Gasteiger partial charge on any atom is -0.481 e. The third kappa shape index (κ3) is 5.47. The van der Waals surface area contributed by atoms with Gasteiger partial charge in [-0.3, -0.25) is 4.79 Å². The van der Waals surface area contributed by atoms with Crippen LogP contribution in [0.5, 0.6) is 0 Å². The summed E-state index contributed by atoms with van der Waals surface area (Å²) in [5.41, 5.74) is -0.237. The van der Waals surface area contributed by atoms with Gasteiger partial charge in [-0.05, 0) is 19.1 Å². The van der Waals surface area contributed by atoms with Gasteiger partial charge < -0.3 is 5.11 Å². The molecule has 8 heteroatoms. The Bertz CT molecular complexity index is 605. The average molecular weight is 314 g/mol. The van der Waals surface area contributed by atoms with Crippen LogP contribution >= 0.6 is 0 Å². The molecule has 1 heterocycles. The Morgan fingerprint density at radius 1 is 1.41 bits per heavy atom. The molecule has 0 saturated heterocycles. The van der Waals surface area contributed by atoms with E-state index < -0.39 is 17.8 Å². The molecule has 0 saturated carbocycles. The number of nitrogens with zero attached hydrogens (tertiary/aromatic N) is 3. The molecule has 0 radical (unpaired) electrons. The van der Waals surface area contributed by atoms with E-state index in [9.17, 15) is 18.0 Å². The molecular formula is C14H15F3N3O2+. The highest BCUT2D eigenvalue weighted by atomic mass is 19.4. The van der Waals surface area contributed by atoms with E-state index in [4.69, 9.17) is 5.11 Å². The van der Waals surface area contributed by atoms with Gasteiger partial charge in [-0.25, -0.2) is 4.58 Å². The third-order valence-corrected chi connectivity index (χ3v) is 2.64. The van der Waals surface area contributed by atoms with Crippen molar-refractivity contribution in [2.75, 3.05) is 6.54 Å². The lowest BCUT2D eigenvalue weighted by molar-refractivity contribution is -0.446. The van der Waals surface area contributed by atoms with E-state index in [1.165, 1.54) is 16.8 Å². The largest absolute Gasteiger partial charge is 0.481 e. The highest BCUT2D eigenvalue weighted by molar-refractivity contribution is 5.70. The molecule has 118 valence electrons. The molecule has 0 aliphatic rings. The second kappa shape index (κ2) is 7.48. The van der Waals surface area contributed by atoms with Crippen LogP contribution in [0.25, 0.3) is 5.57 Å². The Kier molecular flexibility index (Phi) is 5.97. The molecular weight excluding hydrogens is 299 g/mol. The Hall–Kier alpha value is -2.51. The zero-order chi connectivity index (χ0) is 16.8. The van der Waals surface area contributed by atoms with E-state index in [1.54, 1.807) is 19.1 Å². The minimum atomic E-state index is -4.53. The number of halogens is 3. The first kappa shape index (κ1) is 17.5. The van der Waals surface area contributed by atoms with Crippen molar-refractivity contribution < 1.29 is 27.6 Å². The SMILES string of the molecule is C=[N+](/C=C\C(=C/C)c1ccc(C(F)(F)F)nn1)CCC(=O)O. The quantitative estimate of drug-likeness (QED) is 0.498. The smallest absolute Gasteiger partial charge is 0.435 e. The van der Waals surface area contributed by atoms with Gasteiger partial charge in [0.1, 0.15) is 13.1 Å². The van der Waals surface area contributed by atoms with Gasteiger partial charge in [0.25, 0.3) is 0 Å². The second-order valence-corrected chi connectivity index (χ2v) is 4.32. The predicted octanol–water partition coefficient (Wildman–Crippen LogP) is 2.60. The molecule has 0 spiro atoms. The number of hydrogen-bond donors (Lipinski definition) is 1. The molecule has 1 N–H and O–H groups in total. The van der Waals surface area contributed by atoms with Crippen LogP contribution < -0.4 is 0 Å². The zero-order valence-electron chi connectivity index (χ0n) is 11.8. The summed E-state index contributed by atoms with van der Waals surface area (Å²) in [7, 11) is 0. The fourth-order valence-corrected chi connectivity index (χ4v) is 1.47. The van der Waals surface area contributed by atoms with Crippen LogP contribution in [0.3, 0.4) is 0 Å². The van der Waals surface area contributed by atoms with E-state index in [0.29, 0.717) is 5.57 Å². The molecule has 22 heavy (non-hydrogen) atoms. The second-order valence-electron chi connectivity index (χ2n) is 4.32. The first-order valence-electron chi connectivity index (χ1n) is 6.28. The summed E-state index contributed by atoms with van der Waals surface area (Å²) in [4.78, 5) is 10.4. The van der Waals surface area contributed by atoms with Gasteiger partial charge >= 0.3 is 12.1 Å². The maximum absolute atomic E-state index is 12.4. The highest BCUT2D eigenvalue weighted by Gasteiger charge is 2.32. The summed E-state index contributed by atoms with van der Waals surface area (Å²) in [6.45, 7) is 5.54. The van der Waals surface area contributed by atoms with Crippen LogP contribution in [0.15, 0.2) is 30.5 Å². The van der Waals surface area contributed by atoms with Gasteiger partial charge in [-0.2, -0.15) is 13.2 Å². The first-order chi connectivity index (χ1) is 10.2. The van der Waals surface area contributed by atoms with Crippen LogP contribution in [0, 0.1) is 0 Å². The van der Waals surface area contributed by atoms with Crippen molar-refractivity contribution in [3.05, 3.63) is 41.9 Å². The van der Waals surface area contributed by atoms with Gasteiger partial charge in [0.2, 0.25) is 0 Å². The standard InChI is InChI=1S/C14H14F3N3O2/c1-3-10(6-8-20(2)9-7-13(21)22)11-4-5-12(19-18-11)14(15,16)17/h3-6,8H,2,7,9H2,1H3/p+1/b8-6-,10-3+. The monoisotopic (exact) mass is 314 g/mol. The Labute approximate surface area is 125 Å². The zero-order valence-corrected chi connectivity index (χ0v) is 11.8. The normalized spacial score (nSPS) is 12.6. The number of carbonyl (C=O) groups is 1. The molecule has 1 rings (SSSR count). The summed E-state index contributed by atoms with van der Waals surface area (Å²) in [5, 5.41) is 15.3. The van der Waals surface area contributed by atoms with Crippen molar-refractivity contribution in [3.8, 4) is 0 Å². The lowest BCUT2D eigenvalue weighted by atomic mass is 10.1. The molecule has 0 aromatic carbocycles. The maximum atomic E-state index is 12.4. The number of rotatable bonds is 6. The molecule has 0 aliphatic carbocycles. The Balaban J connectivity index is 2.81. The molecule has 0 fully saturated rings. The van der Waals surface area contributed by atoms with E-state index in [2.05, 4.69) is 16.9 Å². The van der Waals surface area contributed by atoms with Crippen molar-refractivity contribution in [1.29, 1.82) is 0 Å². The first-order valence-corrected chi connectivity index (χ1v) is 6.28. The summed E-state index contributed by atoms with van der Waals surface area (Å²) in [5.74, 6) is -0.943. The van der Waals surface area contributed by atoms with Crippen molar-refractivity contribution >= 4 is 18.3 Å². The third-order valence-electron chi connectivity index (χ3n) is 2.64. The van der Waals surface area contributed by atoms with Crippen LogP contribution in [0.1, 0.15) is 24.7 Å². The lowest BCUT2D eigenvalue weighted by Gasteiger charge is -2.05. The Morgan fingerprint density at radius 2 is 2.09 bits per heavy atom. The van der Waals surface area contributed by atoms with Crippen molar-refractivity contribution in [2.24, 2.45) is 0 Å². The van der Waals surface area contributed by atoms with Crippen molar-refractivity contribution in [3.63, 3.8) is 0 Å². The maximum Gasteiger partial charge on any atom is 0.435 e. The van der Waals surface area contributed by atoms with Gasteiger partial charge in [-0.1, -0.05) is 6.08 Å². The van der Waals surface area contributed by atoms with Gasteiger partial charge in [0.05, 0.1) is 5.69 Å². The van der Waals surface area contributed by atoms with Crippen molar-refractivity contribution in [1.82, 2.24) is 10.2 Å². The van der Waals surface area contributed by atoms with Crippen LogP contribution in [-0.2, 0) is 11.0 Å². The number of carboxylic acid groups (broad SMARTS) is 1. The molecule has 0 atom stereocenters. The van der Waals surface area contributed by atoms with E-state index in [0.717, 1.165) is 6.07 Å². The average Bonchev–Trinajstić information content (AvgIpc) is 2.45. The fourth-order valence-electron chi connectivity index (χ4n) is 1.47. The van der Waals surface area contributed by atoms with E-state index in [-0.39, 0.29) is 18.7 Å². The molecule has 5 nitrogen and oxygen atoms in total. The van der Waals surface area contributed by atoms with E-state index >= 15 is 0 Å². The highest BCUT2D eigenvalue weighted by Crippen LogP contribution is 2.27. The number of carboxylic acids is 1. The van der Waals surface area contributed by atoms with Crippen LogP contribution in [0.2, 0.25) is 0 Å². The lowest BCUT2D eigenvalue weighted by Crippen LogP contribution is -2.10. The number of alkyl halides is 3. The molecule has 0 unspecified atom stereocenters. The number of hydrogen-bond acceptors (Lipinski definition) is 3. The van der Waals surface area contributed by atoms with Gasteiger partial charge in [-0.15, -0.1) is 10.2 Å². The van der Waals surface area contributed by atoms with Crippen molar-refractivity contribution in [2.45, 2.75) is 19.5 Å². The number of aliphatic carboxylic acids is 1.